The highest BCUT2D eigenvalue weighted by atomic mass is 16.5. The highest BCUT2D eigenvalue weighted by molar-refractivity contribution is 5.85. The number of morpholine rings is 1. The monoisotopic (exact) mass is 261 g/mol. The topological polar surface area (TPSA) is 38.3 Å². The van der Waals surface area contributed by atoms with Crippen LogP contribution < -0.4 is 5.32 Å². The Labute approximate surface area is 115 Å². The summed E-state index contributed by atoms with van der Waals surface area (Å²) in [4.78, 5) is 12.1. The molecule has 1 atom stereocenters. The minimum absolute atomic E-state index is 0.152. The molecule has 104 valence electrons. The second-order valence-corrected chi connectivity index (χ2v) is 6.15. The number of benzene rings is 1. The molecule has 1 aromatic rings. The zero-order valence-electron chi connectivity index (χ0n) is 12.0. The van der Waals surface area contributed by atoms with Gasteiger partial charge in [-0.3, -0.25) is 4.79 Å². The molecule has 19 heavy (non-hydrogen) atoms. The molecule has 0 amide bonds. The fourth-order valence-electron chi connectivity index (χ4n) is 2.21. The summed E-state index contributed by atoms with van der Waals surface area (Å²) in [6, 6.07) is 8.33. The number of rotatable bonds is 3. The van der Waals surface area contributed by atoms with Gasteiger partial charge in [0.05, 0.1) is 6.61 Å². The van der Waals surface area contributed by atoms with Gasteiger partial charge in [0.1, 0.15) is 6.10 Å². The second kappa shape index (κ2) is 5.85. The van der Waals surface area contributed by atoms with Gasteiger partial charge in [0.2, 0.25) is 0 Å². The smallest absolute Gasteiger partial charge is 0.167 e. The number of hydrogen-bond donors (Lipinski definition) is 1. The van der Waals surface area contributed by atoms with Crippen LogP contribution in [-0.2, 0) is 21.4 Å². The maximum atomic E-state index is 12.1. The zero-order valence-corrected chi connectivity index (χ0v) is 12.0. The normalized spacial score (nSPS) is 20.3. The van der Waals surface area contributed by atoms with Gasteiger partial charge in [-0.1, -0.05) is 45.0 Å². The van der Waals surface area contributed by atoms with E-state index in [0.29, 0.717) is 19.6 Å². The van der Waals surface area contributed by atoms with E-state index in [0.717, 1.165) is 12.1 Å². The third kappa shape index (κ3) is 3.88. The maximum absolute atomic E-state index is 12.1. The fraction of sp³-hybridized carbons (Fsp3) is 0.562. The summed E-state index contributed by atoms with van der Waals surface area (Å²) in [6.07, 6.45) is 0.174. The minimum Gasteiger partial charge on any atom is -0.368 e. The summed E-state index contributed by atoms with van der Waals surface area (Å²) >= 11 is 0. The summed E-state index contributed by atoms with van der Waals surface area (Å²) in [5, 5.41) is 3.18. The van der Waals surface area contributed by atoms with E-state index in [2.05, 4.69) is 50.4 Å². The van der Waals surface area contributed by atoms with Crippen molar-refractivity contribution in [2.24, 2.45) is 0 Å². The number of carbonyl (C=O) groups excluding carboxylic acids is 1. The maximum Gasteiger partial charge on any atom is 0.167 e. The molecule has 1 fully saturated rings. The van der Waals surface area contributed by atoms with E-state index in [1.165, 1.54) is 5.56 Å². The van der Waals surface area contributed by atoms with Gasteiger partial charge in [0.25, 0.3) is 0 Å². The Morgan fingerprint density at radius 3 is 2.53 bits per heavy atom. The van der Waals surface area contributed by atoms with Gasteiger partial charge < -0.3 is 10.1 Å². The molecule has 0 saturated carbocycles. The molecule has 2 rings (SSSR count). The number of hydrogen-bond acceptors (Lipinski definition) is 3. The van der Waals surface area contributed by atoms with Gasteiger partial charge in [-0.2, -0.15) is 0 Å². The van der Waals surface area contributed by atoms with Crippen molar-refractivity contribution >= 4 is 5.78 Å². The number of Topliss-reactive ketones (excluding diaryl/α,β-unsaturated/α-hetero) is 1. The van der Waals surface area contributed by atoms with Crippen LogP contribution in [0.25, 0.3) is 0 Å². The Balaban J connectivity index is 1.97. The number of ether oxygens (including phenoxy) is 1. The van der Waals surface area contributed by atoms with E-state index in [1.807, 2.05) is 0 Å². The summed E-state index contributed by atoms with van der Waals surface area (Å²) in [6.45, 7) is 8.67. The molecule has 0 spiro atoms. The molecule has 3 nitrogen and oxygen atoms in total. The molecule has 0 aromatic heterocycles. The lowest BCUT2D eigenvalue weighted by molar-refractivity contribution is -0.131. The highest BCUT2D eigenvalue weighted by Crippen LogP contribution is 2.22. The van der Waals surface area contributed by atoms with Crippen LogP contribution in [0.15, 0.2) is 24.3 Å². The van der Waals surface area contributed by atoms with Crippen LogP contribution in [-0.4, -0.2) is 31.6 Å². The van der Waals surface area contributed by atoms with Gasteiger partial charge >= 0.3 is 0 Å². The molecule has 1 aliphatic heterocycles. The van der Waals surface area contributed by atoms with Crippen LogP contribution in [0.3, 0.4) is 0 Å². The van der Waals surface area contributed by atoms with E-state index in [-0.39, 0.29) is 17.3 Å². The van der Waals surface area contributed by atoms with Crippen molar-refractivity contribution in [2.75, 3.05) is 19.7 Å². The van der Waals surface area contributed by atoms with Crippen molar-refractivity contribution in [3.63, 3.8) is 0 Å². The molecule has 3 heteroatoms. The van der Waals surface area contributed by atoms with Crippen molar-refractivity contribution in [1.29, 1.82) is 0 Å². The van der Waals surface area contributed by atoms with Crippen LogP contribution in [0.1, 0.15) is 31.9 Å². The highest BCUT2D eigenvalue weighted by Gasteiger charge is 2.21. The predicted molar refractivity (Wildman–Crippen MR) is 76.5 cm³/mol. The Hall–Kier alpha value is -1.19. The standard InChI is InChI=1S/C16H23NO2/c1-16(2,3)13-6-4-12(5-7-13)10-14(18)15-11-17-8-9-19-15/h4-7,15,17H,8-11H2,1-3H3. The lowest BCUT2D eigenvalue weighted by Gasteiger charge is -2.22. The molecule has 1 heterocycles. The van der Waals surface area contributed by atoms with Gasteiger partial charge in [-0.25, -0.2) is 0 Å². The molecular formula is C16H23NO2. The van der Waals surface area contributed by atoms with Crippen LogP contribution >= 0.6 is 0 Å². The van der Waals surface area contributed by atoms with E-state index in [4.69, 9.17) is 4.74 Å². The largest absolute Gasteiger partial charge is 0.368 e. The molecule has 0 bridgehead atoms. The predicted octanol–water partition coefficient (Wildman–Crippen LogP) is 2.08. The number of ketones is 1. The molecule has 1 saturated heterocycles. The Kier molecular flexibility index (Phi) is 4.38. The molecule has 1 N–H and O–H groups in total. The SMILES string of the molecule is CC(C)(C)c1ccc(CC(=O)C2CNCCO2)cc1. The summed E-state index contributed by atoms with van der Waals surface area (Å²) < 4.78 is 5.48. The third-order valence-electron chi connectivity index (χ3n) is 3.49. The third-order valence-corrected chi connectivity index (χ3v) is 3.49. The fourth-order valence-corrected chi connectivity index (χ4v) is 2.21. The van der Waals surface area contributed by atoms with E-state index in [1.54, 1.807) is 0 Å². The van der Waals surface area contributed by atoms with Crippen molar-refractivity contribution in [3.05, 3.63) is 35.4 Å². The first kappa shape index (κ1) is 14.2. The molecule has 0 radical (unpaired) electrons. The Morgan fingerprint density at radius 2 is 2.00 bits per heavy atom. The summed E-state index contributed by atoms with van der Waals surface area (Å²) in [7, 11) is 0. The van der Waals surface area contributed by atoms with Crippen LogP contribution in [0.2, 0.25) is 0 Å². The van der Waals surface area contributed by atoms with Gasteiger partial charge in [0.15, 0.2) is 5.78 Å². The van der Waals surface area contributed by atoms with Gasteiger partial charge in [-0.05, 0) is 16.5 Å². The first-order valence-corrected chi connectivity index (χ1v) is 6.91. The number of nitrogens with one attached hydrogen (secondary N) is 1. The zero-order chi connectivity index (χ0) is 13.9. The lowest BCUT2D eigenvalue weighted by atomic mass is 9.86. The first-order valence-electron chi connectivity index (χ1n) is 6.91. The first-order chi connectivity index (χ1) is 8.97. The summed E-state index contributed by atoms with van der Waals surface area (Å²) in [5.41, 5.74) is 2.50. The average molecular weight is 261 g/mol. The summed E-state index contributed by atoms with van der Waals surface area (Å²) in [5.74, 6) is 0.163. The van der Waals surface area contributed by atoms with Crippen LogP contribution in [0.5, 0.6) is 0 Å². The van der Waals surface area contributed by atoms with E-state index in [9.17, 15) is 4.79 Å². The Bertz CT molecular complexity index is 425. The quantitative estimate of drug-likeness (QED) is 0.905. The van der Waals surface area contributed by atoms with Gasteiger partial charge in [-0.15, -0.1) is 0 Å². The van der Waals surface area contributed by atoms with Crippen LogP contribution in [0.4, 0.5) is 0 Å². The molecule has 1 unspecified atom stereocenters. The van der Waals surface area contributed by atoms with Gasteiger partial charge in [0, 0.05) is 19.5 Å². The average Bonchev–Trinajstić information content (AvgIpc) is 2.39. The van der Waals surface area contributed by atoms with E-state index < -0.39 is 0 Å². The van der Waals surface area contributed by atoms with Crippen molar-refractivity contribution in [3.8, 4) is 0 Å². The minimum atomic E-state index is -0.281. The van der Waals surface area contributed by atoms with Crippen LogP contribution in [0, 0.1) is 0 Å². The Morgan fingerprint density at radius 1 is 1.32 bits per heavy atom. The second-order valence-electron chi connectivity index (χ2n) is 6.15. The molecule has 1 aromatic carbocycles. The van der Waals surface area contributed by atoms with Crippen molar-refractivity contribution < 1.29 is 9.53 Å². The van der Waals surface area contributed by atoms with Crippen molar-refractivity contribution in [1.82, 2.24) is 5.32 Å². The molecule has 0 aliphatic carbocycles. The van der Waals surface area contributed by atoms with E-state index >= 15 is 0 Å². The van der Waals surface area contributed by atoms with Crippen molar-refractivity contribution in [2.45, 2.75) is 38.7 Å². The number of carbonyl (C=O) groups is 1. The lowest BCUT2D eigenvalue weighted by Crippen LogP contribution is -2.43. The molecular weight excluding hydrogens is 238 g/mol. The molecule has 1 aliphatic rings.